The van der Waals surface area contributed by atoms with Crippen LogP contribution >= 0.6 is 0 Å². The molecule has 1 saturated carbocycles. The van der Waals surface area contributed by atoms with Crippen LogP contribution < -0.4 is 10.6 Å². The van der Waals surface area contributed by atoms with Gasteiger partial charge in [0.25, 0.3) is 5.91 Å². The Labute approximate surface area is 148 Å². The number of hydrogen-bond donors (Lipinski definition) is 2. The molecule has 1 aromatic carbocycles. The first kappa shape index (κ1) is 17.0. The summed E-state index contributed by atoms with van der Waals surface area (Å²) in [5.74, 6) is -0.207. The maximum absolute atomic E-state index is 12.4. The topological polar surface area (TPSA) is 77.8 Å². The first-order valence-corrected chi connectivity index (χ1v) is 8.78. The van der Waals surface area contributed by atoms with E-state index >= 15 is 0 Å². The van der Waals surface area contributed by atoms with E-state index < -0.39 is 0 Å². The van der Waals surface area contributed by atoms with Crippen molar-refractivity contribution in [3.05, 3.63) is 53.9 Å². The van der Waals surface area contributed by atoms with Gasteiger partial charge in [0.05, 0.1) is 22.9 Å². The smallest absolute Gasteiger partial charge is 0.257 e. The number of anilines is 2. The lowest BCUT2D eigenvalue weighted by Gasteiger charge is -2.17. The van der Waals surface area contributed by atoms with E-state index in [0.29, 0.717) is 22.9 Å². The van der Waals surface area contributed by atoms with Crippen molar-refractivity contribution < 1.29 is 4.79 Å². The molecule has 0 aliphatic heterocycles. The molecular formula is C20H22N4O. The number of rotatable bonds is 4. The highest BCUT2D eigenvalue weighted by Crippen LogP contribution is 2.21. The predicted molar refractivity (Wildman–Crippen MR) is 98.5 cm³/mol. The molecule has 5 nitrogen and oxygen atoms in total. The number of benzene rings is 1. The summed E-state index contributed by atoms with van der Waals surface area (Å²) < 4.78 is 0. The molecule has 1 heterocycles. The minimum absolute atomic E-state index is 0.207. The summed E-state index contributed by atoms with van der Waals surface area (Å²) in [6.45, 7) is 0. The molecule has 1 aliphatic carbocycles. The molecule has 1 aromatic heterocycles. The molecule has 128 valence electrons. The van der Waals surface area contributed by atoms with Crippen LogP contribution in [0.25, 0.3) is 0 Å². The van der Waals surface area contributed by atoms with Crippen LogP contribution in [0.5, 0.6) is 0 Å². The Morgan fingerprint density at radius 2 is 1.76 bits per heavy atom. The molecule has 2 aromatic rings. The van der Waals surface area contributed by atoms with Crippen LogP contribution in [0.1, 0.15) is 54.4 Å². The highest BCUT2D eigenvalue weighted by molar-refractivity contribution is 6.04. The highest BCUT2D eigenvalue weighted by Gasteiger charge is 2.13. The minimum Gasteiger partial charge on any atom is -0.381 e. The van der Waals surface area contributed by atoms with Crippen molar-refractivity contribution in [2.45, 2.75) is 44.6 Å². The first-order valence-electron chi connectivity index (χ1n) is 8.78. The summed E-state index contributed by atoms with van der Waals surface area (Å²) in [6.07, 6.45) is 10.8. The molecular weight excluding hydrogens is 312 g/mol. The molecule has 5 heteroatoms. The molecule has 0 spiro atoms. The van der Waals surface area contributed by atoms with Crippen molar-refractivity contribution in [2.24, 2.45) is 0 Å². The van der Waals surface area contributed by atoms with E-state index in [-0.39, 0.29) is 5.91 Å². The molecule has 1 amide bonds. The number of nitriles is 1. The van der Waals surface area contributed by atoms with E-state index in [1.54, 1.807) is 36.7 Å². The van der Waals surface area contributed by atoms with Gasteiger partial charge >= 0.3 is 0 Å². The van der Waals surface area contributed by atoms with Gasteiger partial charge in [0.15, 0.2) is 0 Å². The molecule has 0 atom stereocenters. The molecule has 0 saturated heterocycles. The zero-order valence-electron chi connectivity index (χ0n) is 14.2. The van der Waals surface area contributed by atoms with Gasteiger partial charge in [-0.2, -0.15) is 5.26 Å². The average Bonchev–Trinajstić information content (AvgIpc) is 2.91. The predicted octanol–water partition coefficient (Wildman–Crippen LogP) is 4.34. The second-order valence-electron chi connectivity index (χ2n) is 6.44. The normalized spacial score (nSPS) is 15.0. The van der Waals surface area contributed by atoms with Crippen molar-refractivity contribution in [2.75, 3.05) is 10.6 Å². The van der Waals surface area contributed by atoms with Crippen molar-refractivity contribution in [3.8, 4) is 6.07 Å². The van der Waals surface area contributed by atoms with Gasteiger partial charge in [0.2, 0.25) is 0 Å². The zero-order valence-corrected chi connectivity index (χ0v) is 14.2. The fourth-order valence-corrected chi connectivity index (χ4v) is 3.13. The van der Waals surface area contributed by atoms with Crippen LogP contribution in [-0.2, 0) is 0 Å². The van der Waals surface area contributed by atoms with Crippen molar-refractivity contribution in [3.63, 3.8) is 0 Å². The molecule has 0 bridgehead atoms. The van der Waals surface area contributed by atoms with Crippen molar-refractivity contribution >= 4 is 17.3 Å². The summed E-state index contributed by atoms with van der Waals surface area (Å²) in [5.41, 5.74) is 2.63. The van der Waals surface area contributed by atoms with E-state index in [2.05, 4.69) is 21.7 Å². The second kappa shape index (κ2) is 8.29. The Morgan fingerprint density at radius 3 is 2.44 bits per heavy atom. The van der Waals surface area contributed by atoms with Crippen molar-refractivity contribution in [1.82, 2.24) is 4.98 Å². The zero-order chi connectivity index (χ0) is 17.5. The van der Waals surface area contributed by atoms with Crippen molar-refractivity contribution in [1.29, 1.82) is 5.26 Å². The lowest BCUT2D eigenvalue weighted by atomic mass is 10.1. The summed E-state index contributed by atoms with van der Waals surface area (Å²) in [7, 11) is 0. The number of amides is 1. The number of carbonyl (C=O) groups is 1. The number of pyridine rings is 1. The van der Waals surface area contributed by atoms with Gasteiger partial charge in [-0.3, -0.25) is 9.78 Å². The van der Waals surface area contributed by atoms with E-state index in [4.69, 9.17) is 5.26 Å². The van der Waals surface area contributed by atoms with E-state index in [1.807, 2.05) is 6.07 Å². The molecule has 25 heavy (non-hydrogen) atoms. The van der Waals surface area contributed by atoms with Crippen LogP contribution in [0.4, 0.5) is 11.4 Å². The lowest BCUT2D eigenvalue weighted by Crippen LogP contribution is -2.19. The number of carbonyl (C=O) groups excluding carboxylic acids is 1. The van der Waals surface area contributed by atoms with Crippen LogP contribution in [0.2, 0.25) is 0 Å². The largest absolute Gasteiger partial charge is 0.381 e. The van der Waals surface area contributed by atoms with Gasteiger partial charge in [-0.05, 0) is 43.2 Å². The maximum Gasteiger partial charge on any atom is 0.257 e. The Bertz CT molecular complexity index is 756. The number of nitrogens with one attached hydrogen (secondary N) is 2. The van der Waals surface area contributed by atoms with Gasteiger partial charge < -0.3 is 10.6 Å². The average molecular weight is 334 g/mol. The van der Waals surface area contributed by atoms with Gasteiger partial charge in [-0.15, -0.1) is 0 Å². The molecule has 0 unspecified atom stereocenters. The number of nitrogens with zero attached hydrogens (tertiary/aromatic N) is 2. The third-order valence-corrected chi connectivity index (χ3v) is 4.50. The highest BCUT2D eigenvalue weighted by atomic mass is 16.1. The maximum atomic E-state index is 12.4. The van der Waals surface area contributed by atoms with Gasteiger partial charge in [0, 0.05) is 24.1 Å². The lowest BCUT2D eigenvalue weighted by molar-refractivity contribution is 0.102. The van der Waals surface area contributed by atoms with Gasteiger partial charge in [-0.1, -0.05) is 25.7 Å². The van der Waals surface area contributed by atoms with Gasteiger partial charge in [0.1, 0.15) is 0 Å². The summed E-state index contributed by atoms with van der Waals surface area (Å²) in [6, 6.07) is 11.2. The molecule has 3 rings (SSSR count). The van der Waals surface area contributed by atoms with E-state index in [0.717, 1.165) is 5.69 Å². The fraction of sp³-hybridized carbons (Fsp3) is 0.350. The first-order chi connectivity index (χ1) is 12.2. The number of aromatic nitrogens is 1. The third-order valence-electron chi connectivity index (χ3n) is 4.50. The minimum atomic E-state index is -0.207. The third kappa shape index (κ3) is 4.80. The molecule has 2 N–H and O–H groups in total. The fourth-order valence-electron chi connectivity index (χ4n) is 3.13. The van der Waals surface area contributed by atoms with E-state index in [9.17, 15) is 4.79 Å². The Kier molecular flexibility index (Phi) is 5.63. The van der Waals surface area contributed by atoms with Gasteiger partial charge in [-0.25, -0.2) is 0 Å². The van der Waals surface area contributed by atoms with Crippen LogP contribution in [0, 0.1) is 11.3 Å². The SMILES string of the molecule is N#Cc1ccc(NC(=O)c2cncc(NC3CCCCCC3)c2)cc1. The molecule has 0 radical (unpaired) electrons. The summed E-state index contributed by atoms with van der Waals surface area (Å²) in [5, 5.41) is 15.2. The van der Waals surface area contributed by atoms with Crippen LogP contribution in [0.3, 0.4) is 0 Å². The Morgan fingerprint density at radius 1 is 1.04 bits per heavy atom. The quantitative estimate of drug-likeness (QED) is 0.815. The monoisotopic (exact) mass is 334 g/mol. The summed E-state index contributed by atoms with van der Waals surface area (Å²) in [4.78, 5) is 16.6. The van der Waals surface area contributed by atoms with Crippen LogP contribution in [0.15, 0.2) is 42.7 Å². The summed E-state index contributed by atoms with van der Waals surface area (Å²) >= 11 is 0. The molecule has 1 aliphatic rings. The standard InChI is InChI=1S/C20H22N4O/c21-12-15-7-9-18(10-8-15)24-20(25)16-11-19(14-22-13-16)23-17-5-3-1-2-4-6-17/h7-11,13-14,17,23H,1-6H2,(H,24,25). The van der Waals surface area contributed by atoms with E-state index in [1.165, 1.54) is 38.5 Å². The second-order valence-corrected chi connectivity index (χ2v) is 6.44. The Hall–Kier alpha value is -2.87. The Balaban J connectivity index is 1.65. The van der Waals surface area contributed by atoms with Crippen LogP contribution in [-0.4, -0.2) is 16.9 Å². The number of hydrogen-bond acceptors (Lipinski definition) is 4. The molecule has 1 fully saturated rings.